The van der Waals surface area contributed by atoms with Crippen molar-refractivity contribution in [2.75, 3.05) is 25.9 Å². The molecule has 0 N–H and O–H groups in total. The van der Waals surface area contributed by atoms with Gasteiger partial charge in [0.05, 0.1) is 6.61 Å². The van der Waals surface area contributed by atoms with Gasteiger partial charge in [0.15, 0.2) is 6.79 Å². The van der Waals surface area contributed by atoms with E-state index in [1.54, 1.807) is 18.7 Å². The summed E-state index contributed by atoms with van der Waals surface area (Å²) < 4.78 is 16.3. The Morgan fingerprint density at radius 2 is 1.91 bits per heavy atom. The zero-order valence-electron chi connectivity index (χ0n) is 13.9. The molecule has 1 aromatic carbocycles. The van der Waals surface area contributed by atoms with Gasteiger partial charge in [-0.3, -0.25) is 0 Å². The molecule has 2 rings (SSSR count). The van der Waals surface area contributed by atoms with Crippen LogP contribution in [-0.2, 0) is 4.74 Å². The maximum absolute atomic E-state index is 5.60. The normalized spacial score (nSPS) is 10.0. The van der Waals surface area contributed by atoms with E-state index in [0.29, 0.717) is 18.4 Å². The summed E-state index contributed by atoms with van der Waals surface area (Å²) in [5.74, 6) is 1.81. The SMILES string of the molecule is CCCOCOc1cc(-c2nnc(C)o2)ccc1C.CSC. The lowest BCUT2D eigenvalue weighted by molar-refractivity contribution is 0.0153. The van der Waals surface area contributed by atoms with E-state index < -0.39 is 0 Å². The predicted octanol–water partition coefficient (Wildman–Crippen LogP) is 4.10. The van der Waals surface area contributed by atoms with Crippen LogP contribution >= 0.6 is 11.8 Å². The first-order valence-corrected chi connectivity index (χ1v) is 8.77. The molecule has 0 amide bonds. The number of benzene rings is 1. The van der Waals surface area contributed by atoms with Crippen molar-refractivity contribution in [3.8, 4) is 17.2 Å². The molecule has 0 aliphatic rings. The van der Waals surface area contributed by atoms with E-state index >= 15 is 0 Å². The average molecular weight is 324 g/mol. The minimum Gasteiger partial charge on any atom is -0.467 e. The molecule has 122 valence electrons. The molecule has 0 radical (unpaired) electrons. The number of thioether (sulfide) groups is 1. The highest BCUT2D eigenvalue weighted by Crippen LogP contribution is 2.26. The Labute approximate surface area is 136 Å². The van der Waals surface area contributed by atoms with Gasteiger partial charge in [-0.15, -0.1) is 10.2 Å². The monoisotopic (exact) mass is 324 g/mol. The molecule has 0 atom stereocenters. The zero-order chi connectivity index (χ0) is 16.4. The Hall–Kier alpha value is -1.53. The molecule has 0 saturated heterocycles. The van der Waals surface area contributed by atoms with Crippen LogP contribution in [0.2, 0.25) is 0 Å². The molecule has 0 saturated carbocycles. The topological polar surface area (TPSA) is 57.4 Å². The van der Waals surface area contributed by atoms with Crippen molar-refractivity contribution in [1.82, 2.24) is 10.2 Å². The van der Waals surface area contributed by atoms with E-state index in [4.69, 9.17) is 13.9 Å². The fraction of sp³-hybridized carbons (Fsp3) is 0.500. The van der Waals surface area contributed by atoms with Gasteiger partial charge < -0.3 is 13.9 Å². The van der Waals surface area contributed by atoms with E-state index in [-0.39, 0.29) is 6.79 Å². The summed E-state index contributed by atoms with van der Waals surface area (Å²) in [4.78, 5) is 0. The van der Waals surface area contributed by atoms with E-state index in [1.165, 1.54) is 0 Å². The quantitative estimate of drug-likeness (QED) is 0.589. The summed E-state index contributed by atoms with van der Waals surface area (Å²) in [5, 5.41) is 7.81. The molecule has 5 nitrogen and oxygen atoms in total. The standard InChI is InChI=1S/C14H18N2O3.C2H6S/c1-4-7-17-9-18-13-8-12(6-5-10(13)2)14-16-15-11(3)19-14;1-3-2/h5-6,8H,4,7,9H2,1-3H3;1-2H3. The Morgan fingerprint density at radius 3 is 2.50 bits per heavy atom. The van der Waals surface area contributed by atoms with Crippen molar-refractivity contribution in [1.29, 1.82) is 0 Å². The van der Waals surface area contributed by atoms with Crippen molar-refractivity contribution in [3.05, 3.63) is 29.7 Å². The van der Waals surface area contributed by atoms with Crippen LogP contribution < -0.4 is 4.74 Å². The van der Waals surface area contributed by atoms with Gasteiger partial charge in [-0.2, -0.15) is 11.8 Å². The number of ether oxygens (including phenoxy) is 2. The number of aromatic nitrogens is 2. The first-order chi connectivity index (χ1) is 10.6. The molecule has 0 spiro atoms. The lowest BCUT2D eigenvalue weighted by atomic mass is 10.1. The Balaban J connectivity index is 0.000000745. The summed E-state index contributed by atoms with van der Waals surface area (Å²) in [5.41, 5.74) is 1.89. The third-order valence-electron chi connectivity index (χ3n) is 2.61. The molecular formula is C16H24N2O3S. The number of nitrogens with zero attached hydrogens (tertiary/aromatic N) is 2. The van der Waals surface area contributed by atoms with Gasteiger partial charge in [0.2, 0.25) is 11.8 Å². The largest absolute Gasteiger partial charge is 0.467 e. The second kappa shape index (κ2) is 10.2. The third-order valence-corrected chi connectivity index (χ3v) is 2.61. The van der Waals surface area contributed by atoms with Crippen LogP contribution in [-0.4, -0.2) is 36.1 Å². The zero-order valence-corrected chi connectivity index (χ0v) is 14.7. The van der Waals surface area contributed by atoms with Gasteiger partial charge in [-0.25, -0.2) is 0 Å². The molecule has 0 aliphatic heterocycles. The van der Waals surface area contributed by atoms with E-state index in [2.05, 4.69) is 17.1 Å². The van der Waals surface area contributed by atoms with Crippen LogP contribution in [0.3, 0.4) is 0 Å². The third kappa shape index (κ3) is 6.07. The average Bonchev–Trinajstić information content (AvgIpc) is 2.93. The van der Waals surface area contributed by atoms with Crippen molar-refractivity contribution < 1.29 is 13.9 Å². The molecule has 0 unspecified atom stereocenters. The van der Waals surface area contributed by atoms with Crippen molar-refractivity contribution >= 4 is 11.8 Å². The van der Waals surface area contributed by atoms with Gasteiger partial charge >= 0.3 is 0 Å². The Kier molecular flexibility index (Phi) is 8.62. The predicted molar refractivity (Wildman–Crippen MR) is 90.4 cm³/mol. The minimum atomic E-state index is 0.251. The van der Waals surface area contributed by atoms with E-state index in [1.807, 2.05) is 37.6 Å². The van der Waals surface area contributed by atoms with Crippen LogP contribution in [0.5, 0.6) is 5.75 Å². The smallest absolute Gasteiger partial charge is 0.247 e. The summed E-state index contributed by atoms with van der Waals surface area (Å²) in [6.07, 6.45) is 5.06. The number of hydrogen-bond donors (Lipinski definition) is 0. The van der Waals surface area contributed by atoms with Crippen LogP contribution in [0.1, 0.15) is 24.8 Å². The van der Waals surface area contributed by atoms with Gasteiger partial charge in [-0.1, -0.05) is 13.0 Å². The number of rotatable bonds is 6. The Morgan fingerprint density at radius 1 is 1.18 bits per heavy atom. The van der Waals surface area contributed by atoms with Crippen molar-refractivity contribution in [2.45, 2.75) is 27.2 Å². The highest BCUT2D eigenvalue weighted by molar-refractivity contribution is 7.97. The van der Waals surface area contributed by atoms with Crippen LogP contribution in [0.25, 0.3) is 11.5 Å². The maximum atomic E-state index is 5.60. The van der Waals surface area contributed by atoms with Crippen LogP contribution in [0, 0.1) is 13.8 Å². The first kappa shape index (κ1) is 18.5. The molecule has 0 bridgehead atoms. The molecular weight excluding hydrogens is 300 g/mol. The van der Waals surface area contributed by atoms with E-state index in [0.717, 1.165) is 23.3 Å². The molecule has 1 heterocycles. The summed E-state index contributed by atoms with van der Waals surface area (Å²) in [6.45, 7) is 6.76. The summed E-state index contributed by atoms with van der Waals surface area (Å²) >= 11 is 1.75. The summed E-state index contributed by atoms with van der Waals surface area (Å²) in [7, 11) is 0. The number of aryl methyl sites for hydroxylation is 2. The molecule has 0 aliphatic carbocycles. The number of hydrogen-bond acceptors (Lipinski definition) is 6. The summed E-state index contributed by atoms with van der Waals surface area (Å²) in [6, 6.07) is 5.78. The lowest BCUT2D eigenvalue weighted by Crippen LogP contribution is -2.04. The highest BCUT2D eigenvalue weighted by atomic mass is 32.2. The fourth-order valence-corrected chi connectivity index (χ4v) is 1.61. The fourth-order valence-electron chi connectivity index (χ4n) is 1.61. The van der Waals surface area contributed by atoms with Gasteiger partial charge in [0.1, 0.15) is 5.75 Å². The lowest BCUT2D eigenvalue weighted by Gasteiger charge is -2.10. The van der Waals surface area contributed by atoms with Gasteiger partial charge in [0.25, 0.3) is 0 Å². The first-order valence-electron chi connectivity index (χ1n) is 7.14. The molecule has 1 aromatic heterocycles. The minimum absolute atomic E-state index is 0.251. The second-order valence-corrected chi connectivity index (χ2v) is 5.50. The van der Waals surface area contributed by atoms with Gasteiger partial charge in [0, 0.05) is 12.5 Å². The van der Waals surface area contributed by atoms with E-state index in [9.17, 15) is 0 Å². The van der Waals surface area contributed by atoms with Crippen molar-refractivity contribution in [2.24, 2.45) is 0 Å². The maximum Gasteiger partial charge on any atom is 0.247 e. The van der Waals surface area contributed by atoms with Crippen LogP contribution in [0.4, 0.5) is 0 Å². The molecule has 0 fully saturated rings. The highest BCUT2D eigenvalue weighted by Gasteiger charge is 2.09. The Bertz CT molecular complexity index is 558. The molecule has 2 aromatic rings. The second-order valence-electron chi connectivity index (χ2n) is 4.69. The molecule has 6 heteroatoms. The van der Waals surface area contributed by atoms with Crippen molar-refractivity contribution in [3.63, 3.8) is 0 Å². The molecule has 22 heavy (non-hydrogen) atoms. The van der Waals surface area contributed by atoms with Gasteiger partial charge in [-0.05, 0) is 43.6 Å². The van der Waals surface area contributed by atoms with Crippen LogP contribution in [0.15, 0.2) is 22.6 Å².